The van der Waals surface area contributed by atoms with E-state index in [1.54, 1.807) is 18.2 Å². The normalized spacial score (nSPS) is 30.0. The molecule has 1 saturated carbocycles. The van der Waals surface area contributed by atoms with E-state index in [1.807, 2.05) is 13.0 Å². The Bertz CT molecular complexity index is 632. The monoisotopic (exact) mass is 324 g/mol. The van der Waals surface area contributed by atoms with E-state index in [4.69, 9.17) is 0 Å². The highest BCUT2D eigenvalue weighted by Gasteiger charge is 2.37. The van der Waals surface area contributed by atoms with Crippen molar-refractivity contribution in [1.82, 2.24) is 9.62 Å². The molecule has 0 spiro atoms. The molecule has 1 saturated heterocycles. The van der Waals surface area contributed by atoms with Gasteiger partial charge in [-0.1, -0.05) is 18.6 Å². The maximum absolute atomic E-state index is 12.6. The first-order valence-electron chi connectivity index (χ1n) is 7.97. The third-order valence-electron chi connectivity index (χ3n) is 4.75. The molecule has 1 aliphatic heterocycles. The van der Waals surface area contributed by atoms with E-state index in [0.29, 0.717) is 11.4 Å². The van der Waals surface area contributed by atoms with Crippen molar-refractivity contribution >= 4 is 10.0 Å². The summed E-state index contributed by atoms with van der Waals surface area (Å²) in [7, 11) is -3.48. The molecule has 3 atom stereocenters. The lowest BCUT2D eigenvalue weighted by molar-refractivity contribution is 0.153. The zero-order chi connectivity index (χ0) is 15.7. The first kappa shape index (κ1) is 15.9. The van der Waals surface area contributed by atoms with Gasteiger partial charge in [-0.2, -0.15) is 0 Å². The summed E-state index contributed by atoms with van der Waals surface area (Å²) < 4.78 is 28.1. The van der Waals surface area contributed by atoms with Crippen molar-refractivity contribution in [2.75, 3.05) is 13.1 Å². The van der Waals surface area contributed by atoms with Gasteiger partial charge in [0.1, 0.15) is 0 Å². The molecule has 0 radical (unpaired) electrons. The number of aryl methyl sites for hydroxylation is 1. The minimum absolute atomic E-state index is 0.0594. The van der Waals surface area contributed by atoms with Crippen LogP contribution in [0.5, 0.6) is 0 Å². The summed E-state index contributed by atoms with van der Waals surface area (Å²) in [6, 6.07) is 7.15. The van der Waals surface area contributed by atoms with Crippen molar-refractivity contribution < 1.29 is 13.5 Å². The zero-order valence-corrected chi connectivity index (χ0v) is 13.7. The minimum atomic E-state index is -3.48. The Kier molecular flexibility index (Phi) is 4.54. The average Bonchev–Trinajstić information content (AvgIpc) is 3.07. The fourth-order valence-electron chi connectivity index (χ4n) is 3.63. The molecule has 6 heteroatoms. The highest BCUT2D eigenvalue weighted by molar-refractivity contribution is 7.89. The summed E-state index contributed by atoms with van der Waals surface area (Å²) in [5.74, 6) is 0. The molecule has 122 valence electrons. The molecule has 1 heterocycles. The van der Waals surface area contributed by atoms with Gasteiger partial charge < -0.3 is 5.11 Å². The molecule has 1 aromatic carbocycles. The van der Waals surface area contributed by atoms with Crippen molar-refractivity contribution in [3.05, 3.63) is 29.8 Å². The van der Waals surface area contributed by atoms with E-state index in [2.05, 4.69) is 9.62 Å². The highest BCUT2D eigenvalue weighted by Crippen LogP contribution is 2.28. The van der Waals surface area contributed by atoms with Crippen molar-refractivity contribution in [3.63, 3.8) is 0 Å². The van der Waals surface area contributed by atoms with Gasteiger partial charge in [0.25, 0.3) is 0 Å². The van der Waals surface area contributed by atoms with Gasteiger partial charge in [0, 0.05) is 25.2 Å². The summed E-state index contributed by atoms with van der Waals surface area (Å²) in [5, 5.41) is 9.71. The van der Waals surface area contributed by atoms with Crippen LogP contribution in [0.15, 0.2) is 29.2 Å². The van der Waals surface area contributed by atoms with Gasteiger partial charge in [-0.15, -0.1) is 0 Å². The Morgan fingerprint density at radius 3 is 2.77 bits per heavy atom. The molecule has 0 amide bonds. The van der Waals surface area contributed by atoms with Crippen LogP contribution < -0.4 is 4.72 Å². The molecule has 1 unspecified atom stereocenters. The number of nitrogens with one attached hydrogen (secondary N) is 1. The Hall–Kier alpha value is -0.950. The number of hydrogen-bond acceptors (Lipinski definition) is 4. The van der Waals surface area contributed by atoms with Gasteiger partial charge in [0.05, 0.1) is 11.0 Å². The summed E-state index contributed by atoms with van der Waals surface area (Å²) in [6.07, 6.45) is 3.40. The topological polar surface area (TPSA) is 69.6 Å². The van der Waals surface area contributed by atoms with Gasteiger partial charge in [0.15, 0.2) is 0 Å². The van der Waals surface area contributed by atoms with Crippen LogP contribution in [0.1, 0.15) is 31.2 Å². The van der Waals surface area contributed by atoms with Crippen molar-refractivity contribution in [1.29, 1.82) is 0 Å². The van der Waals surface area contributed by atoms with E-state index in [-0.39, 0.29) is 18.2 Å². The molecule has 1 aromatic rings. The lowest BCUT2D eigenvalue weighted by Crippen LogP contribution is -2.48. The Balaban J connectivity index is 1.73. The summed E-state index contributed by atoms with van der Waals surface area (Å²) in [6.45, 7) is 3.41. The van der Waals surface area contributed by atoms with Gasteiger partial charge in [0.2, 0.25) is 10.0 Å². The second kappa shape index (κ2) is 6.28. The Labute approximate surface area is 132 Å². The van der Waals surface area contributed by atoms with Crippen molar-refractivity contribution in [2.24, 2.45) is 0 Å². The smallest absolute Gasteiger partial charge is 0.240 e. The van der Waals surface area contributed by atoms with Crippen LogP contribution in [0, 0.1) is 6.92 Å². The Morgan fingerprint density at radius 1 is 1.27 bits per heavy atom. The van der Waals surface area contributed by atoms with Crippen molar-refractivity contribution in [2.45, 2.75) is 55.7 Å². The van der Waals surface area contributed by atoms with E-state index >= 15 is 0 Å². The largest absolute Gasteiger partial charge is 0.392 e. The minimum Gasteiger partial charge on any atom is -0.392 e. The predicted octanol–water partition coefficient (Wildman–Crippen LogP) is 1.26. The lowest BCUT2D eigenvalue weighted by atomic mass is 10.1. The number of sulfonamides is 1. The van der Waals surface area contributed by atoms with E-state index in [0.717, 1.165) is 37.8 Å². The second-order valence-corrected chi connectivity index (χ2v) is 8.19. The molecule has 2 N–H and O–H groups in total. The van der Waals surface area contributed by atoms with Crippen LogP contribution in [0.3, 0.4) is 0 Å². The molecule has 22 heavy (non-hydrogen) atoms. The van der Waals surface area contributed by atoms with Gasteiger partial charge in [-0.25, -0.2) is 13.1 Å². The van der Waals surface area contributed by atoms with Gasteiger partial charge in [-0.3, -0.25) is 4.90 Å². The molecule has 3 rings (SSSR count). The first-order chi connectivity index (χ1) is 10.5. The maximum atomic E-state index is 12.6. The molecule has 2 aliphatic rings. The van der Waals surface area contributed by atoms with Crippen LogP contribution in [-0.4, -0.2) is 49.7 Å². The highest BCUT2D eigenvalue weighted by atomic mass is 32.2. The van der Waals surface area contributed by atoms with Gasteiger partial charge in [-0.05, 0) is 43.9 Å². The molecular weight excluding hydrogens is 300 g/mol. The summed E-state index contributed by atoms with van der Waals surface area (Å²) in [5.41, 5.74) is 0.938. The molecule has 1 aliphatic carbocycles. The van der Waals surface area contributed by atoms with E-state index < -0.39 is 10.0 Å². The number of hydrogen-bond donors (Lipinski definition) is 2. The summed E-state index contributed by atoms with van der Waals surface area (Å²) in [4.78, 5) is 2.57. The third-order valence-corrected chi connectivity index (χ3v) is 6.24. The number of aliphatic hydroxyl groups is 1. The molecule has 5 nitrogen and oxygen atoms in total. The van der Waals surface area contributed by atoms with Crippen LogP contribution in [-0.2, 0) is 10.0 Å². The number of rotatable bonds is 4. The van der Waals surface area contributed by atoms with Crippen molar-refractivity contribution in [3.8, 4) is 0 Å². The number of β-amino-alcohol motifs (C(OH)–C–C–N with tert-alkyl or cyclic N) is 1. The SMILES string of the molecule is Cc1cccc(S(=O)(=O)N[C@@H]2CCC[C@@H]2N2CCC(O)C2)c1. The molecule has 0 bridgehead atoms. The fourth-order valence-corrected chi connectivity index (χ4v) is 5.04. The Morgan fingerprint density at radius 2 is 2.09 bits per heavy atom. The lowest BCUT2D eigenvalue weighted by Gasteiger charge is -2.29. The molecule has 2 fully saturated rings. The predicted molar refractivity (Wildman–Crippen MR) is 85.1 cm³/mol. The van der Waals surface area contributed by atoms with Crippen LogP contribution in [0.4, 0.5) is 0 Å². The van der Waals surface area contributed by atoms with Crippen LogP contribution >= 0.6 is 0 Å². The molecular formula is C16H24N2O3S. The van der Waals surface area contributed by atoms with E-state index in [1.165, 1.54) is 0 Å². The fraction of sp³-hybridized carbons (Fsp3) is 0.625. The van der Waals surface area contributed by atoms with Gasteiger partial charge >= 0.3 is 0 Å². The maximum Gasteiger partial charge on any atom is 0.240 e. The molecule has 0 aromatic heterocycles. The van der Waals surface area contributed by atoms with Crippen LogP contribution in [0.2, 0.25) is 0 Å². The standard InChI is InChI=1S/C16H24N2O3S/c1-12-4-2-5-14(10-12)22(20,21)17-15-6-3-7-16(15)18-9-8-13(19)11-18/h2,4-5,10,13,15-17,19H,3,6-9,11H2,1H3/t13?,15-,16+/m1/s1. The number of aliphatic hydroxyl groups excluding tert-OH is 1. The quantitative estimate of drug-likeness (QED) is 0.875. The number of likely N-dealkylation sites (tertiary alicyclic amines) is 1. The number of benzene rings is 1. The number of nitrogens with zero attached hydrogens (tertiary/aromatic N) is 1. The average molecular weight is 324 g/mol. The third kappa shape index (κ3) is 3.35. The van der Waals surface area contributed by atoms with Crippen LogP contribution in [0.25, 0.3) is 0 Å². The summed E-state index contributed by atoms with van der Waals surface area (Å²) >= 11 is 0. The second-order valence-electron chi connectivity index (χ2n) is 6.48. The van der Waals surface area contributed by atoms with E-state index in [9.17, 15) is 13.5 Å². The first-order valence-corrected chi connectivity index (χ1v) is 9.45. The zero-order valence-electron chi connectivity index (χ0n) is 12.9.